The van der Waals surface area contributed by atoms with Crippen LogP contribution in [0.5, 0.6) is 5.75 Å². The zero-order valence-electron chi connectivity index (χ0n) is 10.7. The summed E-state index contributed by atoms with van der Waals surface area (Å²) in [7, 11) is 0. The molecule has 1 rings (SSSR count). The minimum absolute atomic E-state index is 0.0772. The highest BCUT2D eigenvalue weighted by atomic mass is 19.1. The number of phenols is 1. The van der Waals surface area contributed by atoms with E-state index in [1.165, 1.54) is 6.07 Å². The van der Waals surface area contributed by atoms with Gasteiger partial charge in [-0.2, -0.15) is 0 Å². The van der Waals surface area contributed by atoms with E-state index < -0.39 is 23.6 Å². The molecule has 104 valence electrons. The predicted octanol–water partition coefficient (Wildman–Crippen LogP) is 1.62. The highest BCUT2D eigenvalue weighted by molar-refractivity contribution is 5.94. The number of carbonyl (C=O) groups excluding carboxylic acids is 1. The van der Waals surface area contributed by atoms with Crippen LogP contribution < -0.4 is 5.32 Å². The Labute approximate surface area is 110 Å². The molecule has 3 N–H and O–H groups in total. The molecule has 0 fully saturated rings. The van der Waals surface area contributed by atoms with Crippen LogP contribution in [-0.2, 0) is 4.79 Å². The molecule has 0 saturated heterocycles. The Balaban J connectivity index is 2.72. The van der Waals surface area contributed by atoms with Gasteiger partial charge >= 0.3 is 5.97 Å². The number of aliphatic carboxylic acids is 1. The number of hydrogen-bond acceptors (Lipinski definition) is 3. The third-order valence-electron chi connectivity index (χ3n) is 2.80. The van der Waals surface area contributed by atoms with Crippen molar-refractivity contribution in [3.63, 3.8) is 0 Å². The average Bonchev–Trinajstić information content (AvgIpc) is 2.27. The van der Waals surface area contributed by atoms with E-state index in [1.54, 1.807) is 13.8 Å². The van der Waals surface area contributed by atoms with Gasteiger partial charge in [-0.15, -0.1) is 0 Å². The van der Waals surface area contributed by atoms with Crippen LogP contribution in [0.2, 0.25) is 0 Å². The summed E-state index contributed by atoms with van der Waals surface area (Å²) in [4.78, 5) is 22.6. The third kappa shape index (κ3) is 3.94. The Kier molecular flexibility index (Phi) is 4.86. The zero-order valence-corrected chi connectivity index (χ0v) is 10.7. The van der Waals surface area contributed by atoms with E-state index in [-0.39, 0.29) is 23.8 Å². The molecule has 0 aliphatic carbocycles. The highest BCUT2D eigenvalue weighted by Gasteiger charge is 2.22. The molecular formula is C13H16FNO4. The van der Waals surface area contributed by atoms with Crippen molar-refractivity contribution in [2.24, 2.45) is 11.8 Å². The lowest BCUT2D eigenvalue weighted by Crippen LogP contribution is -2.35. The molecule has 1 unspecified atom stereocenters. The lowest BCUT2D eigenvalue weighted by molar-refractivity contribution is -0.142. The molecule has 1 aromatic rings. The number of amides is 1. The number of carboxylic acid groups (broad SMARTS) is 1. The largest absolute Gasteiger partial charge is 0.508 e. The van der Waals surface area contributed by atoms with Crippen LogP contribution in [0.4, 0.5) is 4.39 Å². The average molecular weight is 269 g/mol. The lowest BCUT2D eigenvalue weighted by Gasteiger charge is -2.16. The van der Waals surface area contributed by atoms with Gasteiger partial charge in [-0.1, -0.05) is 13.8 Å². The number of aromatic hydroxyl groups is 1. The molecule has 0 aromatic heterocycles. The Hall–Kier alpha value is -2.11. The van der Waals surface area contributed by atoms with Gasteiger partial charge in [0.2, 0.25) is 0 Å². The molecule has 1 amide bonds. The molecule has 1 atom stereocenters. The van der Waals surface area contributed by atoms with Crippen molar-refractivity contribution in [3.05, 3.63) is 29.6 Å². The minimum Gasteiger partial charge on any atom is -0.508 e. The summed E-state index contributed by atoms with van der Waals surface area (Å²) in [5.74, 6) is -3.73. The van der Waals surface area contributed by atoms with Gasteiger partial charge in [0.15, 0.2) is 0 Å². The maximum absolute atomic E-state index is 13.4. The Morgan fingerprint density at radius 3 is 2.47 bits per heavy atom. The first kappa shape index (κ1) is 14.9. The molecule has 6 heteroatoms. The van der Waals surface area contributed by atoms with Crippen LogP contribution in [0.3, 0.4) is 0 Å². The quantitative estimate of drug-likeness (QED) is 0.758. The van der Waals surface area contributed by atoms with E-state index in [2.05, 4.69) is 5.32 Å². The van der Waals surface area contributed by atoms with Crippen LogP contribution >= 0.6 is 0 Å². The van der Waals surface area contributed by atoms with Crippen LogP contribution in [0.1, 0.15) is 24.2 Å². The normalized spacial score (nSPS) is 12.2. The summed E-state index contributed by atoms with van der Waals surface area (Å²) >= 11 is 0. The molecule has 0 aliphatic heterocycles. The van der Waals surface area contributed by atoms with Crippen molar-refractivity contribution in [1.29, 1.82) is 0 Å². The standard InChI is InChI=1S/C13H16FNO4/c1-7(2)10(13(18)19)6-15-12(17)9-4-3-8(16)5-11(9)14/h3-5,7,10,16H,6H2,1-2H3,(H,15,17)(H,18,19). The monoisotopic (exact) mass is 269 g/mol. The lowest BCUT2D eigenvalue weighted by atomic mass is 9.96. The summed E-state index contributed by atoms with van der Waals surface area (Å²) in [6.45, 7) is 3.38. The van der Waals surface area contributed by atoms with E-state index in [0.29, 0.717) is 0 Å². The molecule has 0 spiro atoms. The van der Waals surface area contributed by atoms with Crippen molar-refractivity contribution in [3.8, 4) is 5.75 Å². The Morgan fingerprint density at radius 1 is 1.37 bits per heavy atom. The van der Waals surface area contributed by atoms with Crippen molar-refractivity contribution in [2.45, 2.75) is 13.8 Å². The second-order valence-electron chi connectivity index (χ2n) is 4.56. The van der Waals surface area contributed by atoms with Gasteiger partial charge in [-0.05, 0) is 18.1 Å². The van der Waals surface area contributed by atoms with Crippen molar-refractivity contribution >= 4 is 11.9 Å². The fourth-order valence-corrected chi connectivity index (χ4v) is 1.59. The van der Waals surface area contributed by atoms with Crippen molar-refractivity contribution < 1.29 is 24.2 Å². The fourth-order valence-electron chi connectivity index (χ4n) is 1.59. The second kappa shape index (κ2) is 6.17. The van der Waals surface area contributed by atoms with Gasteiger partial charge < -0.3 is 15.5 Å². The first-order valence-corrected chi connectivity index (χ1v) is 5.82. The molecule has 5 nitrogen and oxygen atoms in total. The molecular weight excluding hydrogens is 253 g/mol. The molecule has 0 aliphatic rings. The van der Waals surface area contributed by atoms with E-state index in [9.17, 15) is 14.0 Å². The molecule has 1 aromatic carbocycles. The highest BCUT2D eigenvalue weighted by Crippen LogP contribution is 2.15. The van der Waals surface area contributed by atoms with Gasteiger partial charge in [0.25, 0.3) is 5.91 Å². The topological polar surface area (TPSA) is 86.6 Å². The number of benzene rings is 1. The minimum atomic E-state index is -1.01. The summed E-state index contributed by atoms with van der Waals surface area (Å²) < 4.78 is 13.4. The molecule has 0 heterocycles. The van der Waals surface area contributed by atoms with Crippen molar-refractivity contribution in [2.75, 3.05) is 6.54 Å². The zero-order chi connectivity index (χ0) is 14.6. The van der Waals surface area contributed by atoms with Gasteiger partial charge in [0.05, 0.1) is 11.5 Å². The smallest absolute Gasteiger partial charge is 0.308 e. The number of phenolic OH excluding ortho intramolecular Hbond substituents is 1. The second-order valence-corrected chi connectivity index (χ2v) is 4.56. The Bertz CT molecular complexity index is 488. The predicted molar refractivity (Wildman–Crippen MR) is 66.4 cm³/mol. The number of halogens is 1. The van der Waals surface area contributed by atoms with E-state index >= 15 is 0 Å². The number of nitrogens with one attached hydrogen (secondary N) is 1. The van der Waals surface area contributed by atoms with Gasteiger partial charge in [-0.3, -0.25) is 9.59 Å². The van der Waals surface area contributed by atoms with E-state index in [4.69, 9.17) is 10.2 Å². The van der Waals surface area contributed by atoms with Crippen LogP contribution in [-0.4, -0.2) is 28.6 Å². The summed E-state index contributed by atoms with van der Waals surface area (Å²) in [5.41, 5.74) is -0.231. The first-order chi connectivity index (χ1) is 8.82. The molecule has 0 saturated carbocycles. The Morgan fingerprint density at radius 2 is 2.00 bits per heavy atom. The maximum Gasteiger partial charge on any atom is 0.308 e. The van der Waals surface area contributed by atoms with Gasteiger partial charge in [0, 0.05) is 12.6 Å². The molecule has 19 heavy (non-hydrogen) atoms. The molecule has 0 bridgehead atoms. The van der Waals surface area contributed by atoms with E-state index in [0.717, 1.165) is 12.1 Å². The van der Waals surface area contributed by atoms with Gasteiger partial charge in [-0.25, -0.2) is 4.39 Å². The maximum atomic E-state index is 13.4. The summed E-state index contributed by atoms with van der Waals surface area (Å²) in [6.07, 6.45) is 0. The third-order valence-corrected chi connectivity index (χ3v) is 2.80. The molecule has 0 radical (unpaired) electrons. The van der Waals surface area contributed by atoms with Crippen LogP contribution in [0, 0.1) is 17.7 Å². The van der Waals surface area contributed by atoms with Gasteiger partial charge in [0.1, 0.15) is 11.6 Å². The first-order valence-electron chi connectivity index (χ1n) is 5.82. The fraction of sp³-hybridized carbons (Fsp3) is 0.385. The summed E-state index contributed by atoms with van der Waals surface area (Å²) in [5, 5.41) is 20.4. The van der Waals surface area contributed by atoms with Crippen LogP contribution in [0.15, 0.2) is 18.2 Å². The van der Waals surface area contributed by atoms with Crippen molar-refractivity contribution in [1.82, 2.24) is 5.32 Å². The van der Waals surface area contributed by atoms with E-state index in [1.807, 2.05) is 0 Å². The van der Waals surface area contributed by atoms with Crippen LogP contribution in [0.25, 0.3) is 0 Å². The summed E-state index contributed by atoms with van der Waals surface area (Å²) in [6, 6.07) is 3.16. The number of hydrogen-bond donors (Lipinski definition) is 3. The number of carbonyl (C=O) groups is 2. The number of carboxylic acids is 1. The SMILES string of the molecule is CC(C)C(CNC(=O)c1ccc(O)cc1F)C(=O)O. The number of rotatable bonds is 5.